The zero-order valence-corrected chi connectivity index (χ0v) is 18.7. The van der Waals surface area contributed by atoms with Gasteiger partial charge in [-0.1, -0.05) is 53.5 Å². The van der Waals surface area contributed by atoms with Crippen LogP contribution in [0.5, 0.6) is 11.5 Å². The molecule has 0 radical (unpaired) electrons. The Balaban J connectivity index is 1.54. The molecule has 0 unspecified atom stereocenters. The van der Waals surface area contributed by atoms with E-state index in [-0.39, 0.29) is 5.78 Å². The lowest BCUT2D eigenvalue weighted by Crippen LogP contribution is -2.00. The molecule has 0 aliphatic carbocycles. The van der Waals surface area contributed by atoms with Crippen LogP contribution in [-0.2, 0) is 6.61 Å². The highest BCUT2D eigenvalue weighted by molar-refractivity contribution is 6.42. The zero-order valence-electron chi connectivity index (χ0n) is 17.2. The quantitative estimate of drug-likeness (QED) is 0.218. The van der Waals surface area contributed by atoms with Crippen LogP contribution in [0.2, 0.25) is 10.0 Å². The van der Waals surface area contributed by atoms with E-state index in [9.17, 15) is 4.79 Å². The average molecular weight is 464 g/mol. The Morgan fingerprint density at radius 2 is 1.81 bits per heavy atom. The molecule has 0 saturated heterocycles. The number of aromatic nitrogens is 1. The lowest BCUT2D eigenvalue weighted by atomic mass is 10.1. The van der Waals surface area contributed by atoms with E-state index >= 15 is 0 Å². The number of fused-ring (bicyclic) bond motifs is 1. The van der Waals surface area contributed by atoms with Gasteiger partial charge in [0.05, 0.1) is 17.2 Å². The molecule has 0 aliphatic rings. The topological polar surface area (TPSA) is 48.4 Å². The minimum Gasteiger partial charge on any atom is -0.496 e. The normalized spacial score (nSPS) is 11.1. The van der Waals surface area contributed by atoms with Gasteiger partial charge in [-0.25, -0.2) is 0 Å². The average Bonchev–Trinajstić information content (AvgIpc) is 2.82. The summed E-state index contributed by atoms with van der Waals surface area (Å²) in [6, 6.07) is 20.2. The van der Waals surface area contributed by atoms with Crippen LogP contribution in [0, 0.1) is 0 Å². The molecule has 0 amide bonds. The number of ketones is 1. The third-order valence-electron chi connectivity index (χ3n) is 4.91. The van der Waals surface area contributed by atoms with Crippen LogP contribution >= 0.6 is 23.2 Å². The Morgan fingerprint density at radius 3 is 2.62 bits per heavy atom. The Bertz CT molecular complexity index is 1310. The van der Waals surface area contributed by atoms with E-state index < -0.39 is 0 Å². The number of hydrogen-bond acceptors (Lipinski definition) is 4. The molecule has 1 heterocycles. The first kappa shape index (κ1) is 21.9. The van der Waals surface area contributed by atoms with Crippen molar-refractivity contribution >= 4 is 46.0 Å². The second-order valence-electron chi connectivity index (χ2n) is 7.02. The van der Waals surface area contributed by atoms with Crippen molar-refractivity contribution in [2.75, 3.05) is 7.11 Å². The number of rotatable bonds is 7. The number of carbonyl (C=O) groups is 1. The van der Waals surface area contributed by atoms with E-state index in [0.717, 1.165) is 22.0 Å². The van der Waals surface area contributed by atoms with E-state index in [1.165, 1.54) is 6.08 Å². The summed E-state index contributed by atoms with van der Waals surface area (Å²) in [5, 5.41) is 1.76. The van der Waals surface area contributed by atoms with E-state index in [2.05, 4.69) is 4.98 Å². The molecule has 1 aromatic heterocycles. The molecule has 0 aliphatic heterocycles. The van der Waals surface area contributed by atoms with Gasteiger partial charge in [-0.3, -0.25) is 9.78 Å². The fraction of sp³-hybridized carbons (Fsp3) is 0.0769. The minimum atomic E-state index is -0.168. The summed E-state index contributed by atoms with van der Waals surface area (Å²) < 4.78 is 11.5. The Kier molecular flexibility index (Phi) is 6.74. The molecule has 4 nitrogen and oxygen atoms in total. The molecule has 4 rings (SSSR count). The van der Waals surface area contributed by atoms with Crippen molar-refractivity contribution in [1.29, 1.82) is 0 Å². The number of halogens is 2. The molecule has 0 bridgehead atoms. The van der Waals surface area contributed by atoms with Gasteiger partial charge in [0.15, 0.2) is 5.78 Å². The number of para-hydroxylation sites is 1. The first-order valence-corrected chi connectivity index (χ1v) is 10.6. The van der Waals surface area contributed by atoms with Crippen molar-refractivity contribution in [3.05, 3.63) is 106 Å². The van der Waals surface area contributed by atoms with Gasteiger partial charge in [0.1, 0.15) is 23.6 Å². The zero-order chi connectivity index (χ0) is 22.5. The van der Waals surface area contributed by atoms with Crippen LogP contribution in [-0.4, -0.2) is 17.9 Å². The molecule has 0 spiro atoms. The predicted octanol–water partition coefficient (Wildman–Crippen LogP) is 7.03. The lowest BCUT2D eigenvalue weighted by molar-refractivity contribution is 0.104. The highest BCUT2D eigenvalue weighted by Crippen LogP contribution is 2.27. The van der Waals surface area contributed by atoms with Gasteiger partial charge in [0.2, 0.25) is 0 Å². The summed E-state index contributed by atoms with van der Waals surface area (Å²) in [6.45, 7) is 0.293. The second kappa shape index (κ2) is 9.86. The highest BCUT2D eigenvalue weighted by atomic mass is 35.5. The first-order valence-electron chi connectivity index (χ1n) is 9.86. The molecule has 0 fully saturated rings. The molecular formula is C26H19Cl2NO3. The smallest absolute Gasteiger partial charge is 0.185 e. The van der Waals surface area contributed by atoms with Gasteiger partial charge in [0, 0.05) is 22.7 Å². The van der Waals surface area contributed by atoms with Crippen molar-refractivity contribution < 1.29 is 14.3 Å². The molecule has 3 aromatic carbocycles. The van der Waals surface area contributed by atoms with Crippen molar-refractivity contribution in [3.63, 3.8) is 0 Å². The summed E-state index contributed by atoms with van der Waals surface area (Å²) in [7, 11) is 1.61. The van der Waals surface area contributed by atoms with E-state index in [4.69, 9.17) is 32.7 Å². The number of allylic oxidation sites excluding steroid dienone is 1. The summed E-state index contributed by atoms with van der Waals surface area (Å²) >= 11 is 11.9. The fourth-order valence-electron chi connectivity index (χ4n) is 3.28. The molecule has 160 valence electrons. The summed E-state index contributed by atoms with van der Waals surface area (Å²) in [5.74, 6) is 1.23. The number of carbonyl (C=O) groups excluding carboxylic acids is 1. The number of ether oxygens (including phenoxy) is 2. The maximum absolute atomic E-state index is 12.5. The van der Waals surface area contributed by atoms with Crippen molar-refractivity contribution in [3.8, 4) is 11.5 Å². The highest BCUT2D eigenvalue weighted by Gasteiger charge is 2.09. The number of methoxy groups -OCH3 is 1. The van der Waals surface area contributed by atoms with Crippen molar-refractivity contribution in [1.82, 2.24) is 4.98 Å². The molecule has 6 heteroatoms. The van der Waals surface area contributed by atoms with Gasteiger partial charge in [-0.15, -0.1) is 0 Å². The van der Waals surface area contributed by atoms with E-state index in [1.54, 1.807) is 37.6 Å². The van der Waals surface area contributed by atoms with Gasteiger partial charge in [-0.05, 0) is 54.1 Å². The maximum Gasteiger partial charge on any atom is 0.185 e. The van der Waals surface area contributed by atoms with Crippen LogP contribution in [0.3, 0.4) is 0 Å². The number of nitrogens with zero attached hydrogens (tertiary/aromatic N) is 1. The molecule has 4 aromatic rings. The Labute approximate surface area is 196 Å². The van der Waals surface area contributed by atoms with Crippen LogP contribution < -0.4 is 9.47 Å². The van der Waals surface area contributed by atoms with Crippen LogP contribution in [0.15, 0.2) is 79.0 Å². The lowest BCUT2D eigenvalue weighted by Gasteiger charge is -2.12. The first-order chi connectivity index (χ1) is 15.5. The number of benzene rings is 3. The largest absolute Gasteiger partial charge is 0.496 e. The van der Waals surface area contributed by atoms with Crippen molar-refractivity contribution in [2.45, 2.75) is 6.61 Å². The predicted molar refractivity (Wildman–Crippen MR) is 129 cm³/mol. The summed E-state index contributed by atoms with van der Waals surface area (Å²) in [6.07, 6.45) is 4.99. The molecular weight excluding hydrogens is 445 g/mol. The second-order valence-corrected chi connectivity index (χ2v) is 7.83. The molecule has 0 N–H and O–H groups in total. The standard InChI is InChI=1S/C26H19Cl2NO3/c1-31-24-12-8-17(7-11-23(30)19-9-10-21(27)22(28)15-19)14-20(24)16-32-25-6-2-4-18-5-3-13-29-26(18)25/h2-15H,16H2,1H3/b11-7+. The molecule has 32 heavy (non-hydrogen) atoms. The maximum atomic E-state index is 12.5. The SMILES string of the molecule is COc1ccc(/C=C/C(=O)c2ccc(Cl)c(Cl)c2)cc1COc1cccc2cccnc12. The van der Waals surface area contributed by atoms with Crippen LogP contribution in [0.1, 0.15) is 21.5 Å². The van der Waals surface area contributed by atoms with Gasteiger partial charge < -0.3 is 9.47 Å². The number of pyridine rings is 1. The van der Waals surface area contributed by atoms with E-state index in [1.807, 2.05) is 48.5 Å². The third kappa shape index (κ3) is 4.93. The van der Waals surface area contributed by atoms with Gasteiger partial charge in [0.25, 0.3) is 0 Å². The summed E-state index contributed by atoms with van der Waals surface area (Å²) in [4.78, 5) is 16.9. The monoisotopic (exact) mass is 463 g/mol. The fourth-order valence-corrected chi connectivity index (χ4v) is 3.58. The number of hydrogen-bond donors (Lipinski definition) is 0. The molecule has 0 atom stereocenters. The van der Waals surface area contributed by atoms with Gasteiger partial charge >= 0.3 is 0 Å². The summed E-state index contributed by atoms with van der Waals surface area (Å²) in [5.41, 5.74) is 2.96. The van der Waals surface area contributed by atoms with Crippen LogP contribution in [0.4, 0.5) is 0 Å². The molecule has 0 saturated carbocycles. The van der Waals surface area contributed by atoms with E-state index in [0.29, 0.717) is 33.7 Å². The minimum absolute atomic E-state index is 0.168. The Morgan fingerprint density at radius 1 is 0.969 bits per heavy atom. The van der Waals surface area contributed by atoms with Crippen molar-refractivity contribution in [2.24, 2.45) is 0 Å². The van der Waals surface area contributed by atoms with Gasteiger partial charge in [-0.2, -0.15) is 0 Å². The van der Waals surface area contributed by atoms with Crippen LogP contribution in [0.25, 0.3) is 17.0 Å². The Hall–Kier alpha value is -3.34. The third-order valence-corrected chi connectivity index (χ3v) is 5.65.